The van der Waals surface area contributed by atoms with Crippen molar-refractivity contribution in [2.45, 2.75) is 44.6 Å². The minimum Gasteiger partial charge on any atom is -0.496 e. The Kier molecular flexibility index (Phi) is 3.29. The summed E-state index contributed by atoms with van der Waals surface area (Å²) in [4.78, 5) is 0. The monoisotopic (exact) mass is 245 g/mol. The van der Waals surface area contributed by atoms with E-state index in [1.54, 1.807) is 7.11 Å². The Morgan fingerprint density at radius 3 is 2.83 bits per heavy atom. The summed E-state index contributed by atoms with van der Waals surface area (Å²) in [5.74, 6) is 2.63. The van der Waals surface area contributed by atoms with Gasteiger partial charge in [0.25, 0.3) is 0 Å². The van der Waals surface area contributed by atoms with Crippen LogP contribution in [0.15, 0.2) is 18.2 Å². The molecule has 0 aliphatic heterocycles. The lowest BCUT2D eigenvalue weighted by Gasteiger charge is -2.33. The zero-order chi connectivity index (χ0) is 12.5. The molecule has 18 heavy (non-hydrogen) atoms. The molecule has 2 atom stereocenters. The lowest BCUT2D eigenvalue weighted by molar-refractivity contribution is 0.375. The van der Waals surface area contributed by atoms with E-state index in [-0.39, 0.29) is 0 Å². The second-order valence-electron chi connectivity index (χ2n) is 5.81. The first kappa shape index (κ1) is 12.0. The standard InChI is InChI=1S/C16H23NO/c1-11-13-4-3-5-16(18-2)14(13)8-9-15(11)17-10-12-6-7-12/h3-5,11-12,15,17H,6-10H2,1-2H3. The average molecular weight is 245 g/mol. The quantitative estimate of drug-likeness (QED) is 0.880. The van der Waals surface area contributed by atoms with Crippen LogP contribution in [0.4, 0.5) is 0 Å². The van der Waals surface area contributed by atoms with Gasteiger partial charge in [0.15, 0.2) is 0 Å². The molecule has 2 unspecified atom stereocenters. The first-order valence-corrected chi connectivity index (χ1v) is 7.18. The zero-order valence-electron chi connectivity index (χ0n) is 11.4. The van der Waals surface area contributed by atoms with Crippen molar-refractivity contribution in [3.63, 3.8) is 0 Å². The second-order valence-corrected chi connectivity index (χ2v) is 5.81. The van der Waals surface area contributed by atoms with Crippen molar-refractivity contribution in [3.8, 4) is 5.75 Å². The third-order valence-corrected chi connectivity index (χ3v) is 4.55. The van der Waals surface area contributed by atoms with Gasteiger partial charge in [-0.3, -0.25) is 0 Å². The van der Waals surface area contributed by atoms with E-state index in [1.165, 1.54) is 36.9 Å². The summed E-state index contributed by atoms with van der Waals surface area (Å²) in [6.07, 6.45) is 5.24. The number of methoxy groups -OCH3 is 1. The molecule has 0 aromatic heterocycles. The molecule has 0 bridgehead atoms. The van der Waals surface area contributed by atoms with Crippen molar-refractivity contribution in [1.29, 1.82) is 0 Å². The summed E-state index contributed by atoms with van der Waals surface area (Å²) >= 11 is 0. The molecular formula is C16H23NO. The molecule has 1 saturated carbocycles. The fraction of sp³-hybridized carbons (Fsp3) is 0.625. The van der Waals surface area contributed by atoms with E-state index >= 15 is 0 Å². The number of hydrogen-bond donors (Lipinski definition) is 1. The van der Waals surface area contributed by atoms with Crippen molar-refractivity contribution < 1.29 is 4.74 Å². The number of nitrogens with one attached hydrogen (secondary N) is 1. The van der Waals surface area contributed by atoms with Gasteiger partial charge in [0.05, 0.1) is 7.11 Å². The predicted octanol–water partition coefficient (Wildman–Crippen LogP) is 3.11. The van der Waals surface area contributed by atoms with Crippen molar-refractivity contribution in [2.24, 2.45) is 5.92 Å². The smallest absolute Gasteiger partial charge is 0.122 e. The maximum Gasteiger partial charge on any atom is 0.122 e. The topological polar surface area (TPSA) is 21.3 Å². The molecule has 1 aromatic carbocycles. The van der Waals surface area contributed by atoms with Crippen molar-refractivity contribution in [2.75, 3.05) is 13.7 Å². The van der Waals surface area contributed by atoms with E-state index in [2.05, 4.69) is 30.4 Å². The summed E-state index contributed by atoms with van der Waals surface area (Å²) in [5.41, 5.74) is 2.91. The van der Waals surface area contributed by atoms with Crippen molar-refractivity contribution >= 4 is 0 Å². The number of rotatable bonds is 4. The van der Waals surface area contributed by atoms with Crippen LogP contribution in [0.25, 0.3) is 0 Å². The molecule has 1 N–H and O–H groups in total. The molecule has 2 aliphatic carbocycles. The summed E-state index contributed by atoms with van der Waals surface area (Å²) in [6.45, 7) is 3.57. The highest BCUT2D eigenvalue weighted by Crippen LogP contribution is 2.37. The van der Waals surface area contributed by atoms with E-state index in [0.717, 1.165) is 18.1 Å². The van der Waals surface area contributed by atoms with E-state index in [4.69, 9.17) is 4.74 Å². The van der Waals surface area contributed by atoms with Gasteiger partial charge in [0.1, 0.15) is 5.75 Å². The highest BCUT2D eigenvalue weighted by molar-refractivity contribution is 5.44. The number of ether oxygens (including phenoxy) is 1. The molecule has 2 heteroatoms. The molecule has 0 heterocycles. The van der Waals surface area contributed by atoms with Crippen LogP contribution in [-0.2, 0) is 6.42 Å². The fourth-order valence-corrected chi connectivity index (χ4v) is 3.15. The molecule has 1 aromatic rings. The van der Waals surface area contributed by atoms with Crippen LogP contribution < -0.4 is 10.1 Å². The minimum atomic E-state index is 0.600. The lowest BCUT2D eigenvalue weighted by Crippen LogP contribution is -2.38. The summed E-state index contributed by atoms with van der Waals surface area (Å²) < 4.78 is 5.48. The highest BCUT2D eigenvalue weighted by atomic mass is 16.5. The van der Waals surface area contributed by atoms with E-state index < -0.39 is 0 Å². The Hall–Kier alpha value is -1.02. The fourth-order valence-electron chi connectivity index (χ4n) is 3.15. The number of fused-ring (bicyclic) bond motifs is 1. The number of hydrogen-bond acceptors (Lipinski definition) is 2. The zero-order valence-corrected chi connectivity index (χ0v) is 11.4. The van der Waals surface area contributed by atoms with Gasteiger partial charge in [-0.25, -0.2) is 0 Å². The van der Waals surface area contributed by atoms with Crippen LogP contribution in [0.2, 0.25) is 0 Å². The van der Waals surface area contributed by atoms with Crippen LogP contribution in [-0.4, -0.2) is 19.7 Å². The van der Waals surface area contributed by atoms with Gasteiger partial charge in [-0.05, 0) is 61.3 Å². The maximum atomic E-state index is 5.48. The molecule has 2 nitrogen and oxygen atoms in total. The van der Waals surface area contributed by atoms with Gasteiger partial charge in [-0.15, -0.1) is 0 Å². The lowest BCUT2D eigenvalue weighted by atomic mass is 9.80. The van der Waals surface area contributed by atoms with Gasteiger partial charge < -0.3 is 10.1 Å². The van der Waals surface area contributed by atoms with Crippen LogP contribution in [0.1, 0.15) is 43.2 Å². The van der Waals surface area contributed by atoms with E-state index in [0.29, 0.717) is 12.0 Å². The van der Waals surface area contributed by atoms with E-state index in [1.807, 2.05) is 0 Å². The molecule has 0 amide bonds. The Morgan fingerprint density at radius 1 is 1.28 bits per heavy atom. The molecule has 0 spiro atoms. The Bertz CT molecular complexity index is 425. The third-order valence-electron chi connectivity index (χ3n) is 4.55. The van der Waals surface area contributed by atoms with Gasteiger partial charge >= 0.3 is 0 Å². The predicted molar refractivity (Wildman–Crippen MR) is 74.2 cm³/mol. The molecule has 0 radical (unpaired) electrons. The van der Waals surface area contributed by atoms with Gasteiger partial charge in [-0.1, -0.05) is 19.1 Å². The molecule has 2 aliphatic rings. The Labute approximate surface area is 110 Å². The van der Waals surface area contributed by atoms with Crippen LogP contribution >= 0.6 is 0 Å². The van der Waals surface area contributed by atoms with Crippen molar-refractivity contribution in [3.05, 3.63) is 29.3 Å². The summed E-state index contributed by atoms with van der Waals surface area (Å²) in [5, 5.41) is 3.77. The summed E-state index contributed by atoms with van der Waals surface area (Å²) in [7, 11) is 1.78. The minimum absolute atomic E-state index is 0.600. The van der Waals surface area contributed by atoms with Gasteiger partial charge in [-0.2, -0.15) is 0 Å². The Balaban J connectivity index is 1.75. The summed E-state index contributed by atoms with van der Waals surface area (Å²) in [6, 6.07) is 7.12. The second kappa shape index (κ2) is 4.93. The van der Waals surface area contributed by atoms with Crippen LogP contribution in [0, 0.1) is 5.92 Å². The molecule has 0 saturated heterocycles. The van der Waals surface area contributed by atoms with Crippen LogP contribution in [0.5, 0.6) is 5.75 Å². The maximum absolute atomic E-state index is 5.48. The largest absolute Gasteiger partial charge is 0.496 e. The van der Waals surface area contributed by atoms with Crippen LogP contribution in [0.3, 0.4) is 0 Å². The molecule has 98 valence electrons. The van der Waals surface area contributed by atoms with E-state index in [9.17, 15) is 0 Å². The molecular weight excluding hydrogens is 222 g/mol. The normalized spacial score (nSPS) is 26.8. The average Bonchev–Trinajstić information content (AvgIpc) is 3.21. The highest BCUT2D eigenvalue weighted by Gasteiger charge is 2.29. The van der Waals surface area contributed by atoms with Gasteiger partial charge in [0, 0.05) is 6.04 Å². The van der Waals surface area contributed by atoms with Crippen molar-refractivity contribution in [1.82, 2.24) is 5.32 Å². The Morgan fingerprint density at radius 2 is 2.11 bits per heavy atom. The first-order chi connectivity index (χ1) is 8.79. The molecule has 1 fully saturated rings. The first-order valence-electron chi connectivity index (χ1n) is 7.18. The SMILES string of the molecule is COc1cccc2c1CCC(NCC1CC1)C2C. The van der Waals surface area contributed by atoms with Gasteiger partial charge in [0.2, 0.25) is 0 Å². The third kappa shape index (κ3) is 2.26. The number of benzene rings is 1. The molecule has 3 rings (SSSR count).